The molecule has 1 aromatic carbocycles. The van der Waals surface area contributed by atoms with E-state index in [1.54, 1.807) is 0 Å². The van der Waals surface area contributed by atoms with Crippen LogP contribution in [0.4, 0.5) is 4.39 Å². The highest BCUT2D eigenvalue weighted by atomic mass is 19.1. The largest absolute Gasteiger partial charge is 0.330 e. The van der Waals surface area contributed by atoms with E-state index >= 15 is 0 Å². The first-order chi connectivity index (χ1) is 7.06. The molecular formula is C12H19FN2. The van der Waals surface area contributed by atoms with Crippen LogP contribution in [0.5, 0.6) is 0 Å². The summed E-state index contributed by atoms with van der Waals surface area (Å²) in [5, 5.41) is 0. The zero-order valence-electron chi connectivity index (χ0n) is 9.57. The van der Waals surface area contributed by atoms with Crippen LogP contribution >= 0.6 is 0 Å². The third-order valence-electron chi connectivity index (χ3n) is 2.68. The Morgan fingerprint density at radius 1 is 1.27 bits per heavy atom. The van der Waals surface area contributed by atoms with Crippen molar-refractivity contribution >= 4 is 0 Å². The zero-order valence-corrected chi connectivity index (χ0v) is 9.57. The van der Waals surface area contributed by atoms with Gasteiger partial charge < -0.3 is 10.6 Å². The number of hydrogen-bond acceptors (Lipinski definition) is 2. The molecule has 15 heavy (non-hydrogen) atoms. The lowest BCUT2D eigenvalue weighted by Gasteiger charge is -2.29. The van der Waals surface area contributed by atoms with Crippen LogP contribution in [-0.2, 0) is 0 Å². The van der Waals surface area contributed by atoms with Gasteiger partial charge >= 0.3 is 0 Å². The fourth-order valence-corrected chi connectivity index (χ4v) is 1.92. The minimum Gasteiger partial charge on any atom is -0.330 e. The normalized spacial score (nSPS) is 15.3. The summed E-state index contributed by atoms with van der Waals surface area (Å²) in [5.41, 5.74) is 6.79. The summed E-state index contributed by atoms with van der Waals surface area (Å²) >= 11 is 0. The minimum atomic E-state index is -0.198. The summed E-state index contributed by atoms with van der Waals surface area (Å²) in [6, 6.07) is 6.89. The van der Waals surface area contributed by atoms with Crippen LogP contribution in [0.15, 0.2) is 24.3 Å². The van der Waals surface area contributed by atoms with Crippen molar-refractivity contribution in [2.24, 2.45) is 11.7 Å². The molecule has 0 radical (unpaired) electrons. The van der Waals surface area contributed by atoms with Gasteiger partial charge in [0, 0.05) is 6.04 Å². The van der Waals surface area contributed by atoms with E-state index in [4.69, 9.17) is 5.73 Å². The van der Waals surface area contributed by atoms with Crippen molar-refractivity contribution in [3.05, 3.63) is 35.6 Å². The van der Waals surface area contributed by atoms with Gasteiger partial charge in [-0.05, 0) is 44.3 Å². The molecule has 0 fully saturated rings. The molecule has 0 aromatic heterocycles. The van der Waals surface area contributed by atoms with E-state index < -0.39 is 0 Å². The molecule has 0 amide bonds. The number of nitrogens with zero attached hydrogens (tertiary/aromatic N) is 1. The van der Waals surface area contributed by atoms with Crippen molar-refractivity contribution in [1.29, 1.82) is 0 Å². The van der Waals surface area contributed by atoms with Crippen LogP contribution in [0.25, 0.3) is 0 Å². The quantitative estimate of drug-likeness (QED) is 0.824. The Balaban J connectivity index is 2.94. The Morgan fingerprint density at radius 3 is 2.20 bits per heavy atom. The van der Waals surface area contributed by atoms with Gasteiger partial charge in [-0.25, -0.2) is 4.39 Å². The molecule has 2 unspecified atom stereocenters. The molecule has 84 valence electrons. The molecule has 2 N–H and O–H groups in total. The van der Waals surface area contributed by atoms with Crippen LogP contribution < -0.4 is 5.73 Å². The van der Waals surface area contributed by atoms with Crippen LogP contribution in [0, 0.1) is 11.7 Å². The van der Waals surface area contributed by atoms with Gasteiger partial charge in [-0.1, -0.05) is 19.1 Å². The Labute approximate surface area is 90.9 Å². The second-order valence-electron chi connectivity index (χ2n) is 4.17. The van der Waals surface area contributed by atoms with Gasteiger partial charge in [-0.3, -0.25) is 0 Å². The van der Waals surface area contributed by atoms with Crippen LogP contribution in [0.2, 0.25) is 0 Å². The SMILES string of the molecule is CC(CN)C(c1ccc(F)cc1)N(C)C. The second-order valence-corrected chi connectivity index (χ2v) is 4.17. The molecule has 2 nitrogen and oxygen atoms in total. The van der Waals surface area contributed by atoms with E-state index in [2.05, 4.69) is 11.8 Å². The summed E-state index contributed by atoms with van der Waals surface area (Å²) < 4.78 is 12.8. The Hall–Kier alpha value is -0.930. The fourth-order valence-electron chi connectivity index (χ4n) is 1.92. The predicted octanol–water partition coefficient (Wildman–Crippen LogP) is 2.02. The van der Waals surface area contributed by atoms with E-state index in [9.17, 15) is 4.39 Å². The third-order valence-corrected chi connectivity index (χ3v) is 2.68. The molecule has 0 spiro atoms. The van der Waals surface area contributed by atoms with Crippen molar-refractivity contribution in [3.8, 4) is 0 Å². The molecule has 1 aromatic rings. The first-order valence-electron chi connectivity index (χ1n) is 5.18. The van der Waals surface area contributed by atoms with Crippen LogP contribution in [0.3, 0.4) is 0 Å². The average molecular weight is 210 g/mol. The summed E-state index contributed by atoms with van der Waals surface area (Å²) in [7, 11) is 4.03. The van der Waals surface area contributed by atoms with Crippen LogP contribution in [0.1, 0.15) is 18.5 Å². The third kappa shape index (κ3) is 3.01. The highest BCUT2D eigenvalue weighted by Gasteiger charge is 2.20. The lowest BCUT2D eigenvalue weighted by molar-refractivity contribution is 0.227. The minimum absolute atomic E-state index is 0.198. The Morgan fingerprint density at radius 2 is 1.80 bits per heavy atom. The first kappa shape index (κ1) is 12.1. The molecule has 2 atom stereocenters. The highest BCUT2D eigenvalue weighted by Crippen LogP contribution is 2.25. The maximum absolute atomic E-state index is 12.8. The molecule has 3 heteroatoms. The van der Waals surface area contributed by atoms with Gasteiger partial charge in [0.1, 0.15) is 5.82 Å². The summed E-state index contributed by atoms with van der Waals surface area (Å²) in [6.07, 6.45) is 0. The highest BCUT2D eigenvalue weighted by molar-refractivity contribution is 5.20. The Kier molecular flexibility index (Phi) is 4.24. The molecular weight excluding hydrogens is 191 g/mol. The summed E-state index contributed by atoms with van der Waals surface area (Å²) in [6.45, 7) is 2.73. The molecule has 0 saturated heterocycles. The number of nitrogens with two attached hydrogens (primary N) is 1. The molecule has 0 aliphatic rings. The fraction of sp³-hybridized carbons (Fsp3) is 0.500. The number of hydrogen-bond donors (Lipinski definition) is 1. The lowest BCUT2D eigenvalue weighted by Crippen LogP contribution is -2.30. The van der Waals surface area contributed by atoms with Gasteiger partial charge in [0.15, 0.2) is 0 Å². The van der Waals surface area contributed by atoms with E-state index in [0.717, 1.165) is 5.56 Å². The van der Waals surface area contributed by atoms with Crippen molar-refractivity contribution in [3.63, 3.8) is 0 Å². The standard InChI is InChI=1S/C12H19FN2/c1-9(8-14)12(15(2)3)10-4-6-11(13)7-5-10/h4-7,9,12H,8,14H2,1-3H3. The van der Waals surface area contributed by atoms with Crippen molar-refractivity contribution in [2.75, 3.05) is 20.6 Å². The summed E-state index contributed by atoms with van der Waals surface area (Å²) in [5.74, 6) is 0.155. The van der Waals surface area contributed by atoms with E-state index in [1.807, 2.05) is 26.2 Å². The molecule has 0 aliphatic heterocycles. The van der Waals surface area contributed by atoms with E-state index in [-0.39, 0.29) is 11.9 Å². The molecule has 0 saturated carbocycles. The predicted molar refractivity (Wildman–Crippen MR) is 61.0 cm³/mol. The smallest absolute Gasteiger partial charge is 0.123 e. The van der Waals surface area contributed by atoms with Gasteiger partial charge in [-0.15, -0.1) is 0 Å². The van der Waals surface area contributed by atoms with E-state index in [0.29, 0.717) is 12.5 Å². The van der Waals surface area contributed by atoms with Gasteiger partial charge in [0.25, 0.3) is 0 Å². The van der Waals surface area contributed by atoms with Gasteiger partial charge in [-0.2, -0.15) is 0 Å². The number of benzene rings is 1. The van der Waals surface area contributed by atoms with Gasteiger partial charge in [0.2, 0.25) is 0 Å². The second kappa shape index (κ2) is 5.24. The Bertz CT molecular complexity index is 295. The number of halogens is 1. The lowest BCUT2D eigenvalue weighted by atomic mass is 9.93. The van der Waals surface area contributed by atoms with Crippen molar-refractivity contribution in [1.82, 2.24) is 4.90 Å². The maximum Gasteiger partial charge on any atom is 0.123 e. The van der Waals surface area contributed by atoms with Gasteiger partial charge in [0.05, 0.1) is 0 Å². The average Bonchev–Trinajstić information content (AvgIpc) is 2.20. The summed E-state index contributed by atoms with van der Waals surface area (Å²) in [4.78, 5) is 2.12. The molecule has 1 rings (SSSR count). The van der Waals surface area contributed by atoms with Crippen molar-refractivity contribution < 1.29 is 4.39 Å². The molecule has 0 heterocycles. The van der Waals surface area contributed by atoms with E-state index in [1.165, 1.54) is 12.1 Å². The first-order valence-corrected chi connectivity index (χ1v) is 5.18. The maximum atomic E-state index is 12.8. The molecule has 0 bridgehead atoms. The van der Waals surface area contributed by atoms with Crippen molar-refractivity contribution in [2.45, 2.75) is 13.0 Å². The topological polar surface area (TPSA) is 29.3 Å². The molecule has 0 aliphatic carbocycles. The monoisotopic (exact) mass is 210 g/mol. The van der Waals surface area contributed by atoms with Crippen LogP contribution in [-0.4, -0.2) is 25.5 Å². The number of rotatable bonds is 4. The zero-order chi connectivity index (χ0) is 11.4.